The summed E-state index contributed by atoms with van der Waals surface area (Å²) in [5.74, 6) is -0.178. The molecule has 7 heteroatoms. The summed E-state index contributed by atoms with van der Waals surface area (Å²) in [6.07, 6.45) is 0.455. The molecule has 0 bridgehead atoms. The largest absolute Gasteiger partial charge is 0.506 e. The van der Waals surface area contributed by atoms with Crippen LogP contribution in [0.25, 0.3) is 10.9 Å². The van der Waals surface area contributed by atoms with Crippen LogP contribution in [0, 0.1) is 0 Å². The molecule has 0 aliphatic rings. The molecule has 0 fully saturated rings. The quantitative estimate of drug-likeness (QED) is 0.598. The summed E-state index contributed by atoms with van der Waals surface area (Å²) in [7, 11) is 7.23. The summed E-state index contributed by atoms with van der Waals surface area (Å²) in [5, 5.41) is 21.2. The summed E-state index contributed by atoms with van der Waals surface area (Å²) in [5.41, 5.74) is 3.26. The van der Waals surface area contributed by atoms with Gasteiger partial charge in [0.1, 0.15) is 11.5 Å². The van der Waals surface area contributed by atoms with E-state index in [1.165, 1.54) is 0 Å². The second kappa shape index (κ2) is 7.85. The molecule has 1 heterocycles. The predicted molar refractivity (Wildman–Crippen MR) is 112 cm³/mol. The number of aromatic nitrogens is 1. The number of hydrogen-bond donors (Lipinski definition) is 2. The fraction of sp³-hybridized carbons (Fsp3) is 0.286. The first-order valence-corrected chi connectivity index (χ1v) is 9.56. The van der Waals surface area contributed by atoms with Gasteiger partial charge in [0, 0.05) is 36.7 Å². The lowest BCUT2D eigenvalue weighted by atomic mass is 10.0. The molecule has 0 radical (unpaired) electrons. The third-order valence-corrected chi connectivity index (χ3v) is 5.46. The number of phenolic OH excluding ortho intramolecular Hbond substituents is 1. The number of aromatic hydroxyl groups is 1. The van der Waals surface area contributed by atoms with Crippen LogP contribution in [0.15, 0.2) is 34.8 Å². The van der Waals surface area contributed by atoms with Crippen LogP contribution in [0.1, 0.15) is 27.2 Å². The summed E-state index contributed by atoms with van der Waals surface area (Å²) < 4.78 is 7.64. The van der Waals surface area contributed by atoms with Gasteiger partial charge in [0.25, 0.3) is 0 Å². The van der Waals surface area contributed by atoms with Crippen LogP contribution in [0.2, 0.25) is 0 Å². The number of rotatable bonds is 6. The van der Waals surface area contributed by atoms with Crippen molar-refractivity contribution in [3.05, 3.63) is 57.2 Å². The summed E-state index contributed by atoms with van der Waals surface area (Å²) >= 11 is 3.40. The molecule has 0 spiro atoms. The number of hydrogen-bond acceptors (Lipinski definition) is 4. The summed E-state index contributed by atoms with van der Waals surface area (Å²) in [4.78, 5) is 14.1. The van der Waals surface area contributed by atoms with Gasteiger partial charge in [-0.25, -0.2) is 4.79 Å². The third-order valence-electron chi connectivity index (χ3n) is 4.86. The highest BCUT2D eigenvalue weighted by Crippen LogP contribution is 2.40. The van der Waals surface area contributed by atoms with Crippen LogP contribution in [0.5, 0.6) is 11.5 Å². The molecule has 28 heavy (non-hydrogen) atoms. The zero-order valence-electron chi connectivity index (χ0n) is 16.3. The molecule has 0 aliphatic carbocycles. The fourth-order valence-electron chi connectivity index (χ4n) is 3.52. The molecule has 148 valence electrons. The number of ether oxygens (including phenoxy) is 1. The number of aryl methyl sites for hydroxylation is 1. The van der Waals surface area contributed by atoms with Crippen LogP contribution < -0.4 is 4.74 Å². The fourth-order valence-corrected chi connectivity index (χ4v) is 3.98. The third kappa shape index (κ3) is 3.59. The first-order chi connectivity index (χ1) is 13.2. The molecule has 0 saturated heterocycles. The Bertz CT molecular complexity index is 1040. The van der Waals surface area contributed by atoms with Crippen molar-refractivity contribution in [3.8, 4) is 11.5 Å². The molecule has 0 saturated carbocycles. The van der Waals surface area contributed by atoms with E-state index in [4.69, 9.17) is 4.74 Å². The van der Waals surface area contributed by atoms with Gasteiger partial charge in [0.15, 0.2) is 0 Å². The maximum absolute atomic E-state index is 12.2. The first-order valence-electron chi connectivity index (χ1n) is 8.77. The predicted octanol–water partition coefficient (Wildman–Crippen LogP) is 4.01. The number of methoxy groups -OCH3 is 1. The van der Waals surface area contributed by atoms with Gasteiger partial charge in [-0.2, -0.15) is 0 Å². The van der Waals surface area contributed by atoms with Gasteiger partial charge < -0.3 is 24.4 Å². The van der Waals surface area contributed by atoms with E-state index in [-0.39, 0.29) is 11.3 Å². The molecule has 0 atom stereocenters. The van der Waals surface area contributed by atoms with Crippen molar-refractivity contribution in [1.29, 1.82) is 0 Å². The number of benzene rings is 2. The molecule has 0 aliphatic heterocycles. The monoisotopic (exact) mass is 446 g/mol. The highest BCUT2D eigenvalue weighted by atomic mass is 79.9. The molecule has 0 amide bonds. The van der Waals surface area contributed by atoms with Gasteiger partial charge in [-0.15, -0.1) is 0 Å². The minimum absolute atomic E-state index is 0.0743. The first kappa shape index (κ1) is 20.2. The van der Waals surface area contributed by atoms with E-state index in [2.05, 4.69) is 15.9 Å². The number of halogens is 1. The van der Waals surface area contributed by atoms with E-state index < -0.39 is 5.97 Å². The van der Waals surface area contributed by atoms with Crippen molar-refractivity contribution in [2.75, 3.05) is 21.2 Å². The van der Waals surface area contributed by atoms with Gasteiger partial charge in [0.05, 0.1) is 22.7 Å². The molecular formula is C21H23BrN2O4. The molecule has 2 aromatic carbocycles. The van der Waals surface area contributed by atoms with E-state index in [0.717, 1.165) is 16.8 Å². The van der Waals surface area contributed by atoms with Crippen molar-refractivity contribution in [3.63, 3.8) is 0 Å². The van der Waals surface area contributed by atoms with Crippen LogP contribution in [0.4, 0.5) is 0 Å². The van der Waals surface area contributed by atoms with Gasteiger partial charge in [-0.05, 0) is 53.8 Å². The number of carboxylic acids is 1. The molecular weight excluding hydrogens is 424 g/mol. The molecule has 3 aromatic rings. The summed E-state index contributed by atoms with van der Waals surface area (Å²) in [6.45, 7) is 0.425. The van der Waals surface area contributed by atoms with E-state index >= 15 is 0 Å². The van der Waals surface area contributed by atoms with E-state index in [1.807, 2.05) is 54.9 Å². The average Bonchev–Trinajstić information content (AvgIpc) is 2.91. The van der Waals surface area contributed by atoms with Crippen molar-refractivity contribution in [1.82, 2.24) is 9.47 Å². The van der Waals surface area contributed by atoms with E-state index in [0.29, 0.717) is 34.1 Å². The number of phenols is 1. The maximum atomic E-state index is 12.2. The minimum Gasteiger partial charge on any atom is -0.506 e. The lowest BCUT2D eigenvalue weighted by Gasteiger charge is -2.14. The van der Waals surface area contributed by atoms with Crippen LogP contribution in [-0.2, 0) is 20.0 Å². The Kier molecular flexibility index (Phi) is 5.67. The van der Waals surface area contributed by atoms with Gasteiger partial charge in [-0.1, -0.05) is 12.1 Å². The highest BCUT2D eigenvalue weighted by molar-refractivity contribution is 9.10. The van der Waals surface area contributed by atoms with Crippen LogP contribution in [0.3, 0.4) is 0 Å². The Labute approximate surface area is 172 Å². The second-order valence-corrected chi connectivity index (χ2v) is 7.88. The highest BCUT2D eigenvalue weighted by Gasteiger charge is 2.26. The average molecular weight is 447 g/mol. The lowest BCUT2D eigenvalue weighted by Crippen LogP contribution is -2.12. The van der Waals surface area contributed by atoms with Crippen LogP contribution in [-0.4, -0.2) is 46.9 Å². The van der Waals surface area contributed by atoms with Crippen LogP contribution >= 0.6 is 15.9 Å². The maximum Gasteiger partial charge on any atom is 0.338 e. The van der Waals surface area contributed by atoms with Gasteiger partial charge >= 0.3 is 5.97 Å². The number of nitrogens with zero attached hydrogens (tertiary/aromatic N) is 2. The van der Waals surface area contributed by atoms with Crippen molar-refractivity contribution in [2.45, 2.75) is 13.0 Å². The number of fused-ring (bicyclic) bond motifs is 1. The SMILES string of the molecule is COc1ccc(Cc2c(C(=O)O)c3c(CN(C)C)c(O)c(Br)cc3n2C)cc1. The Morgan fingerprint density at radius 1 is 1.25 bits per heavy atom. The number of carboxylic acid groups (broad SMARTS) is 1. The van der Waals surface area contributed by atoms with Crippen molar-refractivity contribution < 1.29 is 19.7 Å². The molecule has 3 rings (SSSR count). The zero-order chi connectivity index (χ0) is 20.6. The smallest absolute Gasteiger partial charge is 0.338 e. The van der Waals surface area contributed by atoms with Crippen molar-refractivity contribution in [2.24, 2.45) is 7.05 Å². The lowest BCUT2D eigenvalue weighted by molar-refractivity contribution is 0.0697. The minimum atomic E-state index is -1.00. The standard InChI is InChI=1S/C21H23BrN2O4/c1-23(2)11-14-18-17(10-15(22)20(14)25)24(3)16(19(18)21(26)27)9-12-5-7-13(28-4)8-6-12/h5-8,10,25H,9,11H2,1-4H3,(H,26,27). The normalized spacial score (nSPS) is 11.4. The second-order valence-electron chi connectivity index (χ2n) is 7.03. The summed E-state index contributed by atoms with van der Waals surface area (Å²) in [6, 6.07) is 9.34. The molecule has 2 N–H and O–H groups in total. The number of aromatic carboxylic acids is 1. The Balaban J connectivity index is 2.26. The Morgan fingerprint density at radius 3 is 2.43 bits per heavy atom. The van der Waals surface area contributed by atoms with Gasteiger partial charge in [0.2, 0.25) is 0 Å². The molecule has 0 unspecified atom stereocenters. The molecule has 1 aromatic heterocycles. The topological polar surface area (TPSA) is 74.9 Å². The molecule has 6 nitrogen and oxygen atoms in total. The number of carbonyl (C=O) groups is 1. The van der Waals surface area contributed by atoms with E-state index in [9.17, 15) is 15.0 Å². The Hall–Kier alpha value is -2.51. The van der Waals surface area contributed by atoms with E-state index in [1.54, 1.807) is 13.2 Å². The Morgan fingerprint density at radius 2 is 1.89 bits per heavy atom. The van der Waals surface area contributed by atoms with Crippen molar-refractivity contribution >= 4 is 32.8 Å². The zero-order valence-corrected chi connectivity index (χ0v) is 17.9. The van der Waals surface area contributed by atoms with Gasteiger partial charge in [-0.3, -0.25) is 0 Å².